The van der Waals surface area contributed by atoms with E-state index in [0.717, 1.165) is 52.2 Å². The van der Waals surface area contributed by atoms with Crippen LogP contribution in [0.25, 0.3) is 22.0 Å². The Morgan fingerprint density at radius 3 is 2.57 bits per heavy atom. The van der Waals surface area contributed by atoms with Crippen LogP contribution in [0.4, 0.5) is 0 Å². The number of aromatic nitrogens is 1. The molecule has 0 bridgehead atoms. The fourth-order valence-electron chi connectivity index (χ4n) is 4.15. The lowest BCUT2D eigenvalue weighted by molar-refractivity contribution is -0.686. The molecule has 1 aromatic heterocycles. The molecule has 0 radical (unpaired) electrons. The number of benzene rings is 2. The van der Waals surface area contributed by atoms with Crippen molar-refractivity contribution in [3.8, 4) is 40.0 Å². The van der Waals surface area contributed by atoms with Gasteiger partial charge in [-0.1, -0.05) is 0 Å². The number of nitrogens with zero attached hydrogens (tertiary/aromatic N) is 1. The molecule has 0 spiro atoms. The van der Waals surface area contributed by atoms with Crippen molar-refractivity contribution < 1.29 is 28.3 Å². The smallest absolute Gasteiger partial charge is 0.256 e. The molecule has 0 saturated heterocycles. The Labute approximate surface area is 163 Å². The predicted molar refractivity (Wildman–Crippen MR) is 104 cm³/mol. The van der Waals surface area contributed by atoms with Crippen LogP contribution in [0.5, 0.6) is 28.7 Å². The van der Waals surface area contributed by atoms with Gasteiger partial charge in [-0.3, -0.25) is 0 Å². The standard InChI is InChI=1S/C22H22NO5/c1-4-26-22-14-5-6-17(24-2)21(25-3)16(14)11-23-8-7-13-9-18-19(28-12-27-18)10-15(13)20(22)23/h5-6,9-11H,4,7-8,12H2,1-3H3/q+1. The normalized spacial score (nSPS) is 13.8. The summed E-state index contributed by atoms with van der Waals surface area (Å²) in [5.74, 6) is 3.87. The Hall–Kier alpha value is -3.15. The largest absolute Gasteiger partial charge is 0.493 e. The number of pyridine rings is 1. The third-order valence-electron chi connectivity index (χ3n) is 5.38. The molecule has 0 aliphatic carbocycles. The van der Waals surface area contributed by atoms with Crippen molar-refractivity contribution in [1.82, 2.24) is 0 Å². The Kier molecular flexibility index (Phi) is 3.93. The highest BCUT2D eigenvalue weighted by atomic mass is 16.7. The zero-order chi connectivity index (χ0) is 19.3. The van der Waals surface area contributed by atoms with Crippen molar-refractivity contribution in [1.29, 1.82) is 0 Å². The van der Waals surface area contributed by atoms with E-state index in [9.17, 15) is 0 Å². The molecule has 5 rings (SSSR count). The molecule has 6 nitrogen and oxygen atoms in total. The van der Waals surface area contributed by atoms with E-state index in [4.69, 9.17) is 23.7 Å². The van der Waals surface area contributed by atoms with Crippen LogP contribution in [0.3, 0.4) is 0 Å². The number of methoxy groups -OCH3 is 2. The Bertz CT molecular complexity index is 1090. The van der Waals surface area contributed by atoms with E-state index in [1.807, 2.05) is 19.1 Å². The van der Waals surface area contributed by atoms with Crippen LogP contribution in [0.1, 0.15) is 12.5 Å². The first-order valence-electron chi connectivity index (χ1n) is 9.42. The van der Waals surface area contributed by atoms with Crippen molar-refractivity contribution in [2.75, 3.05) is 27.6 Å². The number of aryl methyl sites for hydroxylation is 2. The van der Waals surface area contributed by atoms with Crippen LogP contribution >= 0.6 is 0 Å². The van der Waals surface area contributed by atoms with Gasteiger partial charge in [-0.15, -0.1) is 0 Å². The maximum Gasteiger partial charge on any atom is 0.256 e. The average molecular weight is 380 g/mol. The summed E-state index contributed by atoms with van der Waals surface area (Å²) in [7, 11) is 3.31. The molecule has 2 aliphatic rings. The first kappa shape index (κ1) is 17.0. The van der Waals surface area contributed by atoms with Gasteiger partial charge in [0.15, 0.2) is 41.5 Å². The van der Waals surface area contributed by atoms with Crippen LogP contribution in [0.2, 0.25) is 0 Å². The summed E-state index contributed by atoms with van der Waals surface area (Å²) in [6.07, 6.45) is 3.04. The molecule has 3 heterocycles. The molecule has 6 heteroatoms. The fourth-order valence-corrected chi connectivity index (χ4v) is 4.15. The van der Waals surface area contributed by atoms with E-state index < -0.39 is 0 Å². The first-order chi connectivity index (χ1) is 13.7. The van der Waals surface area contributed by atoms with Gasteiger partial charge in [0.25, 0.3) is 5.69 Å². The monoisotopic (exact) mass is 380 g/mol. The third kappa shape index (κ3) is 2.37. The number of rotatable bonds is 4. The average Bonchev–Trinajstić information content (AvgIpc) is 3.18. The molecule has 2 aliphatic heterocycles. The maximum atomic E-state index is 6.18. The lowest BCUT2D eigenvalue weighted by Crippen LogP contribution is -2.40. The molecule has 0 amide bonds. The molecule has 2 aromatic carbocycles. The van der Waals surface area contributed by atoms with E-state index in [1.165, 1.54) is 5.56 Å². The SMILES string of the molecule is CCOc1c2[n+](cc3c(OC)c(OC)ccc13)CCc1cc3c(cc1-2)OCO3. The third-order valence-corrected chi connectivity index (χ3v) is 5.38. The molecule has 0 unspecified atom stereocenters. The van der Waals surface area contributed by atoms with Crippen molar-refractivity contribution in [3.63, 3.8) is 0 Å². The quantitative estimate of drug-likeness (QED) is 0.649. The Morgan fingerprint density at radius 1 is 1.00 bits per heavy atom. The van der Waals surface area contributed by atoms with Crippen molar-refractivity contribution in [2.24, 2.45) is 0 Å². The minimum absolute atomic E-state index is 0.269. The van der Waals surface area contributed by atoms with Gasteiger partial charge < -0.3 is 23.7 Å². The van der Waals surface area contributed by atoms with Crippen molar-refractivity contribution >= 4 is 10.8 Å². The second kappa shape index (κ2) is 6.48. The van der Waals surface area contributed by atoms with Crippen LogP contribution in [-0.2, 0) is 13.0 Å². The summed E-state index contributed by atoms with van der Waals surface area (Å²) in [6.45, 7) is 3.68. The molecule has 144 valence electrons. The van der Waals surface area contributed by atoms with Gasteiger partial charge in [0.1, 0.15) is 0 Å². The van der Waals surface area contributed by atoms with Gasteiger partial charge >= 0.3 is 0 Å². The molecule has 0 fully saturated rings. The second-order valence-electron chi connectivity index (χ2n) is 6.81. The number of hydrogen-bond donors (Lipinski definition) is 0. The van der Waals surface area contributed by atoms with Crippen LogP contribution in [0, 0.1) is 0 Å². The predicted octanol–water partition coefficient (Wildman–Crippen LogP) is 3.50. The highest BCUT2D eigenvalue weighted by molar-refractivity contribution is 5.97. The van der Waals surface area contributed by atoms with Gasteiger partial charge in [0.2, 0.25) is 6.79 Å². The molecule has 0 saturated carbocycles. The van der Waals surface area contributed by atoms with Crippen LogP contribution in [0.15, 0.2) is 30.5 Å². The molecular formula is C22H22NO5+. The number of hydrogen-bond acceptors (Lipinski definition) is 5. The summed E-state index contributed by atoms with van der Waals surface area (Å²) < 4.78 is 30.8. The molecule has 28 heavy (non-hydrogen) atoms. The number of ether oxygens (including phenoxy) is 5. The lowest BCUT2D eigenvalue weighted by atomic mass is 9.94. The molecular weight excluding hydrogens is 358 g/mol. The van der Waals surface area contributed by atoms with Crippen molar-refractivity contribution in [3.05, 3.63) is 36.0 Å². The van der Waals surface area contributed by atoms with E-state index in [-0.39, 0.29) is 6.79 Å². The summed E-state index contributed by atoms with van der Waals surface area (Å²) in [5.41, 5.74) is 3.42. The zero-order valence-corrected chi connectivity index (χ0v) is 16.2. The Morgan fingerprint density at radius 2 is 1.82 bits per heavy atom. The van der Waals surface area contributed by atoms with E-state index in [1.54, 1.807) is 14.2 Å². The minimum atomic E-state index is 0.269. The summed E-state index contributed by atoms with van der Waals surface area (Å²) >= 11 is 0. The highest BCUT2D eigenvalue weighted by Crippen LogP contribution is 2.46. The van der Waals surface area contributed by atoms with E-state index >= 15 is 0 Å². The van der Waals surface area contributed by atoms with Gasteiger partial charge in [-0.2, -0.15) is 4.57 Å². The molecule has 0 N–H and O–H groups in total. The van der Waals surface area contributed by atoms with Gasteiger partial charge in [0, 0.05) is 11.8 Å². The molecule has 0 atom stereocenters. The van der Waals surface area contributed by atoms with Gasteiger partial charge in [-0.25, -0.2) is 0 Å². The number of fused-ring (bicyclic) bond motifs is 5. The summed E-state index contributed by atoms with van der Waals surface area (Å²) in [5, 5.41) is 1.97. The van der Waals surface area contributed by atoms with Gasteiger partial charge in [-0.05, 0) is 36.8 Å². The maximum absolute atomic E-state index is 6.18. The molecule has 3 aromatic rings. The van der Waals surface area contributed by atoms with Crippen LogP contribution in [-0.4, -0.2) is 27.6 Å². The fraction of sp³-hybridized carbons (Fsp3) is 0.318. The minimum Gasteiger partial charge on any atom is -0.493 e. The van der Waals surface area contributed by atoms with Gasteiger partial charge in [0.05, 0.1) is 31.8 Å². The Balaban J connectivity index is 1.83. The topological polar surface area (TPSA) is 50.0 Å². The summed E-state index contributed by atoms with van der Waals surface area (Å²) in [6, 6.07) is 8.11. The van der Waals surface area contributed by atoms with E-state index in [2.05, 4.69) is 22.9 Å². The lowest BCUT2D eigenvalue weighted by Gasteiger charge is -2.20. The summed E-state index contributed by atoms with van der Waals surface area (Å²) in [4.78, 5) is 0. The van der Waals surface area contributed by atoms with Crippen LogP contribution < -0.4 is 28.3 Å². The first-order valence-corrected chi connectivity index (χ1v) is 9.42. The highest BCUT2D eigenvalue weighted by Gasteiger charge is 2.33. The van der Waals surface area contributed by atoms with Crippen molar-refractivity contribution in [2.45, 2.75) is 19.9 Å². The van der Waals surface area contributed by atoms with E-state index in [0.29, 0.717) is 18.1 Å². The second-order valence-corrected chi connectivity index (χ2v) is 6.81. The zero-order valence-electron chi connectivity index (χ0n) is 16.2.